The number of thiophene rings is 1. The topological polar surface area (TPSA) is 69.9 Å². The van der Waals surface area contributed by atoms with E-state index in [9.17, 15) is 28.2 Å². The maximum atomic E-state index is 13.2. The number of dihydropyridines is 1. The molecule has 5 rings (SSSR count). The van der Waals surface area contributed by atoms with Crippen LogP contribution in [0.2, 0.25) is 0 Å². The number of allylic oxidation sites excluding steroid dienone is 1. The highest BCUT2D eigenvalue weighted by Gasteiger charge is 2.58. The normalized spacial score (nSPS) is 34.6. The molecular formula is C24H28F3NO3S. The summed E-state index contributed by atoms with van der Waals surface area (Å²) < 4.78 is 39.5. The molecule has 4 nitrogen and oxygen atoms in total. The summed E-state index contributed by atoms with van der Waals surface area (Å²) in [5.74, 6) is -2.78. The Morgan fingerprint density at radius 3 is 2.34 bits per heavy atom. The molecule has 8 heteroatoms. The molecule has 1 aromatic rings. The lowest BCUT2D eigenvalue weighted by atomic mass is 9.67. The number of nitrogens with zero attached hydrogens (tertiary/aromatic N) is 1. The standard InChI is InChI=1S/C24H28F3NO3S/c25-24(26,27)15-6-4-14(5-7-15)23(9-10-23)21-20(29)18(22(30)31)17-3-1-2-16(19(17)28-21)13-8-11-32-12-13/h8,11-12,14-17,19,29H,1-7,9-10H2,(H,30,31). The molecule has 0 amide bonds. The maximum absolute atomic E-state index is 13.2. The maximum Gasteiger partial charge on any atom is 0.391 e. The number of halogens is 3. The molecule has 2 heterocycles. The second-order valence-corrected chi connectivity index (χ2v) is 10.8. The molecular weight excluding hydrogens is 439 g/mol. The quantitative estimate of drug-likeness (QED) is 0.531. The van der Waals surface area contributed by atoms with E-state index in [0.29, 0.717) is 25.0 Å². The number of carboxylic acids is 1. The lowest BCUT2D eigenvalue weighted by molar-refractivity contribution is -0.184. The van der Waals surface area contributed by atoms with Crippen LogP contribution < -0.4 is 0 Å². The zero-order chi connectivity index (χ0) is 22.7. The van der Waals surface area contributed by atoms with Gasteiger partial charge in [0.25, 0.3) is 0 Å². The Hall–Kier alpha value is -1.83. The van der Waals surface area contributed by atoms with Crippen molar-refractivity contribution < 1.29 is 28.2 Å². The third-order valence-corrected chi connectivity index (χ3v) is 9.12. The van der Waals surface area contributed by atoms with Gasteiger partial charge in [0, 0.05) is 17.3 Å². The summed E-state index contributed by atoms with van der Waals surface area (Å²) in [4.78, 5) is 17.3. The second kappa shape index (κ2) is 7.89. The lowest BCUT2D eigenvalue weighted by Crippen LogP contribution is -2.43. The van der Waals surface area contributed by atoms with Crippen molar-refractivity contribution >= 4 is 23.0 Å². The minimum absolute atomic E-state index is 0.0109. The summed E-state index contributed by atoms with van der Waals surface area (Å²) in [5, 5.41) is 25.2. The van der Waals surface area contributed by atoms with Gasteiger partial charge in [-0.3, -0.25) is 4.99 Å². The van der Waals surface area contributed by atoms with Crippen LogP contribution in [0.5, 0.6) is 0 Å². The third kappa shape index (κ3) is 3.58. The van der Waals surface area contributed by atoms with Crippen molar-refractivity contribution in [2.45, 2.75) is 75.9 Å². The van der Waals surface area contributed by atoms with E-state index >= 15 is 0 Å². The molecule has 174 valence electrons. The molecule has 0 saturated heterocycles. The molecule has 2 N–H and O–H groups in total. The number of alkyl halides is 3. The van der Waals surface area contributed by atoms with E-state index in [-0.39, 0.29) is 48.0 Å². The van der Waals surface area contributed by atoms with Gasteiger partial charge in [-0.2, -0.15) is 24.5 Å². The van der Waals surface area contributed by atoms with Crippen molar-refractivity contribution in [2.24, 2.45) is 28.2 Å². The van der Waals surface area contributed by atoms with Crippen molar-refractivity contribution in [3.63, 3.8) is 0 Å². The fraction of sp³-hybridized carbons (Fsp3) is 0.667. The van der Waals surface area contributed by atoms with E-state index in [1.165, 1.54) is 0 Å². The summed E-state index contributed by atoms with van der Waals surface area (Å²) in [7, 11) is 0. The molecule has 3 unspecified atom stereocenters. The minimum atomic E-state index is -4.16. The van der Waals surface area contributed by atoms with E-state index in [1.807, 2.05) is 5.38 Å². The Kier molecular flexibility index (Phi) is 5.42. The first kappa shape index (κ1) is 22.0. The fourth-order valence-corrected chi connectivity index (χ4v) is 7.33. The molecule has 0 spiro atoms. The number of carboxylic acid groups (broad SMARTS) is 1. The predicted molar refractivity (Wildman–Crippen MR) is 116 cm³/mol. The van der Waals surface area contributed by atoms with Gasteiger partial charge in [-0.25, -0.2) is 4.79 Å². The summed E-state index contributed by atoms with van der Waals surface area (Å²) in [5.41, 5.74) is 1.22. The van der Waals surface area contributed by atoms with E-state index in [1.54, 1.807) is 11.3 Å². The van der Waals surface area contributed by atoms with Gasteiger partial charge in [-0.15, -0.1) is 0 Å². The third-order valence-electron chi connectivity index (χ3n) is 8.42. The molecule has 1 aliphatic heterocycles. The molecule has 1 aromatic heterocycles. The van der Waals surface area contributed by atoms with Gasteiger partial charge >= 0.3 is 12.1 Å². The highest BCUT2D eigenvalue weighted by molar-refractivity contribution is 7.08. The van der Waals surface area contributed by atoms with E-state index in [2.05, 4.69) is 11.4 Å². The monoisotopic (exact) mass is 467 g/mol. The van der Waals surface area contributed by atoms with Crippen LogP contribution in [0.3, 0.4) is 0 Å². The Morgan fingerprint density at radius 1 is 1.09 bits per heavy atom. The van der Waals surface area contributed by atoms with Crippen molar-refractivity contribution in [2.75, 3.05) is 0 Å². The number of aliphatic hydroxyl groups is 1. The van der Waals surface area contributed by atoms with Crippen LogP contribution in [-0.2, 0) is 4.79 Å². The molecule has 3 fully saturated rings. The Balaban J connectivity index is 1.49. The van der Waals surface area contributed by atoms with Crippen molar-refractivity contribution in [3.05, 3.63) is 33.7 Å². The first-order valence-corrected chi connectivity index (χ1v) is 12.5. The lowest BCUT2D eigenvalue weighted by Gasteiger charge is -2.42. The molecule has 32 heavy (non-hydrogen) atoms. The number of aliphatic hydroxyl groups excluding tert-OH is 1. The number of fused-ring (bicyclic) bond motifs is 1. The first-order valence-electron chi connectivity index (χ1n) is 11.6. The Bertz CT molecular complexity index is 940. The Morgan fingerprint density at radius 2 is 1.78 bits per heavy atom. The number of carbonyl (C=O) groups is 1. The molecule has 0 aromatic carbocycles. The SMILES string of the molecule is O=C(O)C1=C(O)C(C2(C3CCC(C(F)(F)F)CC3)CC2)=NC2C1CCCC2c1ccsc1. The molecule has 4 aliphatic rings. The van der Waals surface area contributed by atoms with Crippen molar-refractivity contribution in [1.82, 2.24) is 0 Å². The van der Waals surface area contributed by atoms with E-state index in [0.717, 1.165) is 31.2 Å². The summed E-state index contributed by atoms with van der Waals surface area (Å²) >= 11 is 1.61. The highest BCUT2D eigenvalue weighted by atomic mass is 32.1. The molecule has 0 radical (unpaired) electrons. The zero-order valence-electron chi connectivity index (χ0n) is 17.8. The van der Waals surface area contributed by atoms with Crippen molar-refractivity contribution in [3.8, 4) is 0 Å². The zero-order valence-corrected chi connectivity index (χ0v) is 18.6. The van der Waals surface area contributed by atoms with Gasteiger partial charge < -0.3 is 10.2 Å². The minimum Gasteiger partial charge on any atom is -0.505 e. The van der Waals surface area contributed by atoms with Crippen LogP contribution in [0.1, 0.15) is 69.3 Å². The molecule has 3 atom stereocenters. The van der Waals surface area contributed by atoms with Gasteiger partial charge in [0.05, 0.1) is 23.2 Å². The van der Waals surface area contributed by atoms with Crippen LogP contribution in [0, 0.1) is 23.2 Å². The molecule has 3 saturated carbocycles. The van der Waals surface area contributed by atoms with E-state index in [4.69, 9.17) is 4.99 Å². The molecule has 3 aliphatic carbocycles. The van der Waals surface area contributed by atoms with Crippen LogP contribution in [-0.4, -0.2) is 34.1 Å². The summed E-state index contributed by atoms with van der Waals surface area (Å²) in [6.07, 6.45) is 0.918. The number of hydrogen-bond acceptors (Lipinski definition) is 4. The number of hydrogen-bond donors (Lipinski definition) is 2. The van der Waals surface area contributed by atoms with E-state index < -0.39 is 23.5 Å². The largest absolute Gasteiger partial charge is 0.505 e. The van der Waals surface area contributed by atoms with Gasteiger partial charge in [-0.1, -0.05) is 6.42 Å². The highest BCUT2D eigenvalue weighted by Crippen LogP contribution is 2.61. The Labute approximate surface area is 189 Å². The van der Waals surface area contributed by atoms with Crippen LogP contribution in [0.4, 0.5) is 13.2 Å². The average molecular weight is 468 g/mol. The van der Waals surface area contributed by atoms with Gasteiger partial charge in [0.15, 0.2) is 0 Å². The van der Waals surface area contributed by atoms with Gasteiger partial charge in [0.1, 0.15) is 5.76 Å². The number of rotatable bonds is 4. The van der Waals surface area contributed by atoms with Crippen LogP contribution in [0.15, 0.2) is 33.2 Å². The van der Waals surface area contributed by atoms with Gasteiger partial charge in [-0.05, 0) is 79.7 Å². The van der Waals surface area contributed by atoms with Crippen molar-refractivity contribution in [1.29, 1.82) is 0 Å². The van der Waals surface area contributed by atoms with Crippen LogP contribution in [0.25, 0.3) is 0 Å². The number of aliphatic carboxylic acids is 1. The average Bonchev–Trinajstić information content (AvgIpc) is 3.37. The predicted octanol–water partition coefficient (Wildman–Crippen LogP) is 6.50. The second-order valence-electron chi connectivity index (χ2n) is 9.98. The smallest absolute Gasteiger partial charge is 0.391 e. The first-order chi connectivity index (χ1) is 15.2. The summed E-state index contributed by atoms with van der Waals surface area (Å²) in [6.45, 7) is 0. The molecule has 0 bridgehead atoms. The van der Waals surface area contributed by atoms with Gasteiger partial charge in [0.2, 0.25) is 0 Å². The number of aliphatic imine (C=N–C) groups is 1. The van der Waals surface area contributed by atoms with Crippen LogP contribution >= 0.6 is 11.3 Å². The fourth-order valence-electron chi connectivity index (χ4n) is 6.61. The summed E-state index contributed by atoms with van der Waals surface area (Å²) in [6, 6.07) is 1.83.